The highest BCUT2D eigenvalue weighted by atomic mass is 19.1. The van der Waals surface area contributed by atoms with Crippen LogP contribution in [0.1, 0.15) is 60.2 Å². The zero-order valence-corrected chi connectivity index (χ0v) is 25.4. The van der Waals surface area contributed by atoms with Crippen molar-refractivity contribution in [3.8, 4) is 11.1 Å². The first-order valence-corrected chi connectivity index (χ1v) is 14.5. The van der Waals surface area contributed by atoms with Crippen LogP contribution in [0.4, 0.5) is 17.6 Å². The Morgan fingerprint density at radius 2 is 1.64 bits per heavy atom. The molecular formula is C33H37F4N3O4. The van der Waals surface area contributed by atoms with Crippen molar-refractivity contribution in [2.45, 2.75) is 65.7 Å². The predicted octanol–water partition coefficient (Wildman–Crippen LogP) is 5.58. The number of benzene rings is 2. The van der Waals surface area contributed by atoms with Crippen LogP contribution < -0.4 is 10.9 Å². The van der Waals surface area contributed by atoms with Crippen molar-refractivity contribution >= 4 is 11.9 Å². The number of aromatic nitrogens is 1. The van der Waals surface area contributed by atoms with Gasteiger partial charge in [-0.05, 0) is 96.8 Å². The van der Waals surface area contributed by atoms with Crippen molar-refractivity contribution in [2.24, 2.45) is 5.92 Å². The van der Waals surface area contributed by atoms with Crippen molar-refractivity contribution in [1.82, 2.24) is 14.8 Å². The first-order valence-electron chi connectivity index (χ1n) is 14.5. The number of alkyl halides is 1. The highest BCUT2D eigenvalue weighted by Crippen LogP contribution is 2.34. The SMILES string of the molecule is Cc1cc(-c2c(C)cc(F)cc2C)cc(C(CC(=O)O)NC(=O)C(C(C)C)n2cc(CCN3CC(F)C3)cc(F)c2=O)c1F. The van der Waals surface area contributed by atoms with Gasteiger partial charge < -0.3 is 10.4 Å². The van der Waals surface area contributed by atoms with Crippen molar-refractivity contribution in [3.05, 3.63) is 92.2 Å². The first kappa shape index (κ1) is 32.9. The smallest absolute Gasteiger partial charge is 0.305 e. The third-order valence-corrected chi connectivity index (χ3v) is 8.02. The van der Waals surface area contributed by atoms with E-state index in [9.17, 15) is 32.7 Å². The molecule has 0 bridgehead atoms. The molecule has 1 aliphatic rings. The fourth-order valence-corrected chi connectivity index (χ4v) is 5.92. The molecule has 7 nitrogen and oxygen atoms in total. The summed E-state index contributed by atoms with van der Waals surface area (Å²) in [5, 5.41) is 12.3. The van der Waals surface area contributed by atoms with Gasteiger partial charge in [0.1, 0.15) is 23.8 Å². The topological polar surface area (TPSA) is 91.6 Å². The number of nitrogens with zero attached hydrogens (tertiary/aromatic N) is 2. The van der Waals surface area contributed by atoms with E-state index in [2.05, 4.69) is 5.32 Å². The van der Waals surface area contributed by atoms with Gasteiger partial charge in [0, 0.05) is 31.4 Å². The maximum atomic E-state index is 15.6. The molecule has 1 amide bonds. The molecule has 0 saturated carbocycles. The number of hydrogen-bond acceptors (Lipinski definition) is 4. The number of carboxylic acids is 1. The quantitative estimate of drug-likeness (QED) is 0.275. The van der Waals surface area contributed by atoms with Gasteiger partial charge in [-0.2, -0.15) is 0 Å². The average molecular weight is 616 g/mol. The summed E-state index contributed by atoms with van der Waals surface area (Å²) in [7, 11) is 0. The highest BCUT2D eigenvalue weighted by molar-refractivity contribution is 5.82. The Bertz CT molecular complexity index is 1610. The molecule has 1 aromatic heterocycles. The average Bonchev–Trinajstić information content (AvgIpc) is 2.89. The molecule has 0 radical (unpaired) electrons. The Morgan fingerprint density at radius 3 is 2.20 bits per heavy atom. The lowest BCUT2D eigenvalue weighted by atomic mass is 9.90. The molecule has 4 rings (SSSR count). The molecule has 2 aromatic carbocycles. The Hall–Kier alpha value is -3.99. The molecule has 1 saturated heterocycles. The van der Waals surface area contributed by atoms with Crippen LogP contribution in [0.5, 0.6) is 0 Å². The van der Waals surface area contributed by atoms with Gasteiger partial charge in [-0.3, -0.25) is 23.9 Å². The van der Waals surface area contributed by atoms with Gasteiger partial charge in [-0.25, -0.2) is 17.6 Å². The van der Waals surface area contributed by atoms with Crippen molar-refractivity contribution in [3.63, 3.8) is 0 Å². The van der Waals surface area contributed by atoms with Crippen LogP contribution in [0, 0.1) is 44.1 Å². The first-order chi connectivity index (χ1) is 20.7. The summed E-state index contributed by atoms with van der Waals surface area (Å²) in [5.41, 5.74) is 1.87. The molecule has 1 aliphatic heterocycles. The lowest BCUT2D eigenvalue weighted by Gasteiger charge is -2.34. The zero-order chi connectivity index (χ0) is 32.5. The van der Waals surface area contributed by atoms with E-state index in [1.54, 1.807) is 33.8 Å². The van der Waals surface area contributed by atoms with E-state index < -0.39 is 65.5 Å². The van der Waals surface area contributed by atoms with Gasteiger partial charge in [-0.1, -0.05) is 13.8 Å². The Balaban J connectivity index is 1.71. The molecule has 0 spiro atoms. The molecule has 3 aromatic rings. The van der Waals surface area contributed by atoms with Crippen LogP contribution in [0.25, 0.3) is 11.1 Å². The van der Waals surface area contributed by atoms with Crippen LogP contribution >= 0.6 is 0 Å². The predicted molar refractivity (Wildman–Crippen MR) is 159 cm³/mol. The number of carbonyl (C=O) groups excluding carboxylic acids is 1. The molecular weight excluding hydrogens is 578 g/mol. The molecule has 0 aliphatic carbocycles. The lowest BCUT2D eigenvalue weighted by Crippen LogP contribution is -2.49. The van der Waals surface area contributed by atoms with Crippen LogP contribution in [0.15, 0.2) is 41.3 Å². The van der Waals surface area contributed by atoms with E-state index in [0.29, 0.717) is 40.8 Å². The molecule has 2 heterocycles. The van der Waals surface area contributed by atoms with E-state index in [4.69, 9.17) is 0 Å². The minimum absolute atomic E-state index is 0.0885. The minimum atomic E-state index is -1.34. The molecule has 1 fully saturated rings. The summed E-state index contributed by atoms with van der Waals surface area (Å²) in [5.74, 6) is -4.84. The van der Waals surface area contributed by atoms with E-state index in [-0.39, 0.29) is 24.2 Å². The molecule has 2 atom stereocenters. The molecule has 44 heavy (non-hydrogen) atoms. The highest BCUT2D eigenvalue weighted by Gasteiger charge is 2.31. The van der Waals surface area contributed by atoms with Crippen molar-refractivity contribution in [1.29, 1.82) is 0 Å². The number of rotatable bonds is 11. The van der Waals surface area contributed by atoms with Crippen molar-refractivity contribution in [2.75, 3.05) is 19.6 Å². The number of carboxylic acid groups (broad SMARTS) is 1. The third-order valence-electron chi connectivity index (χ3n) is 8.02. The van der Waals surface area contributed by atoms with Gasteiger partial charge in [0.15, 0.2) is 5.82 Å². The van der Waals surface area contributed by atoms with E-state index in [1.165, 1.54) is 31.3 Å². The molecule has 2 N–H and O–H groups in total. The fraction of sp³-hybridized carbons (Fsp3) is 0.424. The van der Waals surface area contributed by atoms with E-state index in [1.807, 2.05) is 4.90 Å². The Morgan fingerprint density at radius 1 is 1.00 bits per heavy atom. The zero-order valence-electron chi connectivity index (χ0n) is 25.4. The maximum absolute atomic E-state index is 15.6. The molecule has 11 heteroatoms. The van der Waals surface area contributed by atoms with Gasteiger partial charge in [0.05, 0.1) is 12.5 Å². The number of aryl methyl sites for hydroxylation is 3. The van der Waals surface area contributed by atoms with E-state index >= 15 is 4.39 Å². The fourth-order valence-electron chi connectivity index (χ4n) is 5.92. The Kier molecular flexibility index (Phi) is 9.98. The van der Waals surface area contributed by atoms with Crippen LogP contribution in [-0.2, 0) is 16.0 Å². The van der Waals surface area contributed by atoms with Gasteiger partial charge in [-0.15, -0.1) is 0 Å². The standard InChI is InChI=1S/C33H37F4N3O4/c1-17(2)31(40-14-21(11-26(36)33(40)44)6-7-39-15-24(35)16-39)32(43)38-27(13-28(41)42)25-12-22(8-20(5)30(25)37)29-18(3)9-23(34)10-19(29)4/h8-12,14,17,24,27,31H,6-7,13,15-16H2,1-5H3,(H,38,43)(H,41,42). The monoisotopic (exact) mass is 615 g/mol. The lowest BCUT2D eigenvalue weighted by molar-refractivity contribution is -0.138. The summed E-state index contributed by atoms with van der Waals surface area (Å²) in [6, 6.07) is 4.21. The summed E-state index contributed by atoms with van der Waals surface area (Å²) < 4.78 is 58.6. The number of likely N-dealkylation sites (tertiary alicyclic amines) is 1. The van der Waals surface area contributed by atoms with Crippen molar-refractivity contribution < 1.29 is 32.3 Å². The maximum Gasteiger partial charge on any atom is 0.305 e. The van der Waals surface area contributed by atoms with Crippen LogP contribution in [0.2, 0.25) is 0 Å². The number of hydrogen-bond donors (Lipinski definition) is 2. The largest absolute Gasteiger partial charge is 0.481 e. The second-order valence-corrected chi connectivity index (χ2v) is 12.0. The number of aliphatic carboxylic acids is 1. The van der Waals surface area contributed by atoms with E-state index in [0.717, 1.165) is 10.6 Å². The molecule has 236 valence electrons. The Labute approximate surface area is 253 Å². The number of pyridine rings is 1. The van der Waals surface area contributed by atoms with Crippen LogP contribution in [0.3, 0.4) is 0 Å². The summed E-state index contributed by atoms with van der Waals surface area (Å²) >= 11 is 0. The van der Waals surface area contributed by atoms with Gasteiger partial charge >= 0.3 is 5.97 Å². The number of amides is 1. The second kappa shape index (κ2) is 13.3. The van der Waals surface area contributed by atoms with Crippen LogP contribution in [-0.4, -0.2) is 52.3 Å². The second-order valence-electron chi connectivity index (χ2n) is 12.0. The van der Waals surface area contributed by atoms with Gasteiger partial charge in [0.25, 0.3) is 5.56 Å². The number of carbonyl (C=O) groups is 2. The number of halogens is 4. The summed E-state index contributed by atoms with van der Waals surface area (Å²) in [6.07, 6.45) is 0.135. The normalized spacial score (nSPS) is 15.2. The summed E-state index contributed by atoms with van der Waals surface area (Å²) in [4.78, 5) is 40.4. The molecule has 2 unspecified atom stereocenters. The summed E-state index contributed by atoms with van der Waals surface area (Å²) in [6.45, 7) is 9.23. The van der Waals surface area contributed by atoms with Gasteiger partial charge in [0.2, 0.25) is 5.91 Å². The number of nitrogens with one attached hydrogen (secondary N) is 1. The third kappa shape index (κ3) is 7.20. The minimum Gasteiger partial charge on any atom is -0.481 e.